The summed E-state index contributed by atoms with van der Waals surface area (Å²) < 4.78 is 5.96. The second kappa shape index (κ2) is 8.10. The number of fused-ring (bicyclic) bond motifs is 1. The Hall–Kier alpha value is -1.39. The van der Waals surface area contributed by atoms with Gasteiger partial charge in [0.15, 0.2) is 0 Å². The van der Waals surface area contributed by atoms with Crippen LogP contribution in [0.1, 0.15) is 62.0 Å². The molecule has 4 heteroatoms. The molecule has 0 radical (unpaired) electrons. The molecule has 0 aromatic heterocycles. The zero-order chi connectivity index (χ0) is 17.9. The van der Waals surface area contributed by atoms with E-state index in [1.54, 1.807) is 0 Å². The number of nitrogens with zero attached hydrogens (tertiary/aromatic N) is 1. The Morgan fingerprint density at radius 2 is 1.96 bits per heavy atom. The van der Waals surface area contributed by atoms with Crippen molar-refractivity contribution in [2.45, 2.75) is 69.4 Å². The molecule has 2 heterocycles. The lowest BCUT2D eigenvalue weighted by Gasteiger charge is -2.39. The van der Waals surface area contributed by atoms with Crippen molar-refractivity contribution in [3.8, 4) is 0 Å². The molecule has 1 amide bonds. The standard InChI is InChI=1S/C22H32N2O2/c23-19-10-13-26-21(15-19)17-8-11-24(12-9-17)22(25)14-18-6-3-5-16-4-1-2-7-20(16)18/h1-2,4,7,17-19,21H,3,5-6,8-15,23H2. The van der Waals surface area contributed by atoms with E-state index < -0.39 is 0 Å². The number of ether oxygens (including phenoxy) is 1. The van der Waals surface area contributed by atoms with Gasteiger partial charge in [0.1, 0.15) is 0 Å². The van der Waals surface area contributed by atoms with Crippen molar-refractivity contribution in [1.82, 2.24) is 4.90 Å². The molecule has 0 saturated carbocycles. The van der Waals surface area contributed by atoms with E-state index in [-0.39, 0.29) is 0 Å². The van der Waals surface area contributed by atoms with Gasteiger partial charge in [0, 0.05) is 32.2 Å². The Bertz CT molecular complexity index is 624. The molecule has 4 rings (SSSR count). The summed E-state index contributed by atoms with van der Waals surface area (Å²) in [5.74, 6) is 1.32. The summed E-state index contributed by atoms with van der Waals surface area (Å²) in [5, 5.41) is 0. The first kappa shape index (κ1) is 18.0. The summed E-state index contributed by atoms with van der Waals surface area (Å²) in [6, 6.07) is 8.98. The van der Waals surface area contributed by atoms with E-state index in [9.17, 15) is 4.79 Å². The van der Waals surface area contributed by atoms with Crippen LogP contribution in [0.2, 0.25) is 0 Å². The Balaban J connectivity index is 1.30. The van der Waals surface area contributed by atoms with Crippen molar-refractivity contribution in [1.29, 1.82) is 0 Å². The minimum atomic E-state index is 0.291. The number of piperidine rings is 1. The highest BCUT2D eigenvalue weighted by Gasteiger charge is 2.33. The fraction of sp³-hybridized carbons (Fsp3) is 0.682. The predicted molar refractivity (Wildman–Crippen MR) is 103 cm³/mol. The molecule has 2 aliphatic heterocycles. The van der Waals surface area contributed by atoms with Gasteiger partial charge in [0.2, 0.25) is 5.91 Å². The van der Waals surface area contributed by atoms with Crippen LogP contribution < -0.4 is 5.73 Å². The summed E-state index contributed by atoms with van der Waals surface area (Å²) in [6.45, 7) is 2.56. The van der Waals surface area contributed by atoms with Gasteiger partial charge in [-0.3, -0.25) is 4.79 Å². The zero-order valence-corrected chi connectivity index (χ0v) is 15.7. The van der Waals surface area contributed by atoms with E-state index in [0.717, 1.165) is 58.2 Å². The van der Waals surface area contributed by atoms with E-state index in [0.29, 0.717) is 36.3 Å². The number of amides is 1. The van der Waals surface area contributed by atoms with Crippen LogP contribution in [-0.4, -0.2) is 42.6 Å². The smallest absolute Gasteiger partial charge is 0.223 e. The van der Waals surface area contributed by atoms with Crippen molar-refractivity contribution in [3.05, 3.63) is 35.4 Å². The van der Waals surface area contributed by atoms with Crippen molar-refractivity contribution < 1.29 is 9.53 Å². The minimum Gasteiger partial charge on any atom is -0.378 e. The van der Waals surface area contributed by atoms with Gasteiger partial charge < -0.3 is 15.4 Å². The van der Waals surface area contributed by atoms with Crippen LogP contribution in [0, 0.1) is 5.92 Å². The van der Waals surface area contributed by atoms with Crippen molar-refractivity contribution >= 4 is 5.91 Å². The highest BCUT2D eigenvalue weighted by atomic mass is 16.5. The van der Waals surface area contributed by atoms with E-state index in [1.807, 2.05) is 0 Å². The van der Waals surface area contributed by atoms with Crippen LogP contribution >= 0.6 is 0 Å². The average Bonchev–Trinajstić information content (AvgIpc) is 2.68. The Labute approximate surface area is 157 Å². The predicted octanol–water partition coefficient (Wildman–Crippen LogP) is 3.24. The molecule has 0 spiro atoms. The normalized spacial score (nSPS) is 30.0. The molecule has 4 nitrogen and oxygen atoms in total. The first-order valence-corrected chi connectivity index (χ1v) is 10.4. The lowest BCUT2D eigenvalue weighted by molar-refractivity contribution is -0.134. The second-order valence-corrected chi connectivity index (χ2v) is 8.40. The molecule has 2 fully saturated rings. The zero-order valence-electron chi connectivity index (χ0n) is 15.7. The lowest BCUT2D eigenvalue weighted by Crippen LogP contribution is -2.45. The van der Waals surface area contributed by atoms with Crippen molar-refractivity contribution in [3.63, 3.8) is 0 Å². The molecular weight excluding hydrogens is 324 g/mol. The molecule has 1 aromatic rings. The third-order valence-corrected chi connectivity index (χ3v) is 6.69. The van der Waals surface area contributed by atoms with E-state index in [1.165, 1.54) is 17.5 Å². The van der Waals surface area contributed by atoms with Crippen LogP contribution in [0.15, 0.2) is 24.3 Å². The minimum absolute atomic E-state index is 0.291. The Morgan fingerprint density at radius 3 is 2.77 bits per heavy atom. The number of carbonyl (C=O) groups is 1. The molecule has 1 aliphatic carbocycles. The van der Waals surface area contributed by atoms with Gasteiger partial charge in [-0.25, -0.2) is 0 Å². The number of hydrogen-bond donors (Lipinski definition) is 1. The number of benzene rings is 1. The molecule has 142 valence electrons. The summed E-state index contributed by atoms with van der Waals surface area (Å²) in [6.07, 6.45) is 8.58. The van der Waals surface area contributed by atoms with Crippen LogP contribution in [0.3, 0.4) is 0 Å². The maximum absolute atomic E-state index is 12.9. The molecule has 1 aromatic carbocycles. The number of aryl methyl sites for hydroxylation is 1. The largest absolute Gasteiger partial charge is 0.378 e. The fourth-order valence-corrected chi connectivity index (χ4v) is 5.11. The van der Waals surface area contributed by atoms with Gasteiger partial charge in [0.25, 0.3) is 0 Å². The molecular formula is C22H32N2O2. The van der Waals surface area contributed by atoms with Crippen LogP contribution in [0.4, 0.5) is 0 Å². The van der Waals surface area contributed by atoms with Gasteiger partial charge >= 0.3 is 0 Å². The number of carbonyl (C=O) groups excluding carboxylic acids is 1. The van der Waals surface area contributed by atoms with E-state index >= 15 is 0 Å². The SMILES string of the molecule is NC1CCOC(C2CCN(C(=O)CC3CCCc4ccccc43)CC2)C1. The summed E-state index contributed by atoms with van der Waals surface area (Å²) >= 11 is 0. The number of rotatable bonds is 3. The number of hydrogen-bond acceptors (Lipinski definition) is 3. The summed E-state index contributed by atoms with van der Waals surface area (Å²) in [7, 11) is 0. The second-order valence-electron chi connectivity index (χ2n) is 8.40. The maximum Gasteiger partial charge on any atom is 0.223 e. The van der Waals surface area contributed by atoms with E-state index in [4.69, 9.17) is 10.5 Å². The van der Waals surface area contributed by atoms with Crippen LogP contribution in [0.25, 0.3) is 0 Å². The molecule has 0 bridgehead atoms. The topological polar surface area (TPSA) is 55.6 Å². The Morgan fingerprint density at radius 1 is 1.15 bits per heavy atom. The first-order chi connectivity index (χ1) is 12.7. The third-order valence-electron chi connectivity index (χ3n) is 6.69. The number of likely N-dealkylation sites (tertiary alicyclic amines) is 1. The Kier molecular flexibility index (Phi) is 5.60. The lowest BCUT2D eigenvalue weighted by atomic mass is 9.80. The van der Waals surface area contributed by atoms with Crippen molar-refractivity contribution in [2.75, 3.05) is 19.7 Å². The van der Waals surface area contributed by atoms with Gasteiger partial charge in [0.05, 0.1) is 6.10 Å². The average molecular weight is 357 g/mol. The highest BCUT2D eigenvalue weighted by Crippen LogP contribution is 2.35. The van der Waals surface area contributed by atoms with Crippen LogP contribution in [0.5, 0.6) is 0 Å². The summed E-state index contributed by atoms with van der Waals surface area (Å²) in [4.78, 5) is 15.0. The third kappa shape index (κ3) is 3.96. The maximum atomic E-state index is 12.9. The van der Waals surface area contributed by atoms with Gasteiger partial charge in [-0.15, -0.1) is 0 Å². The highest BCUT2D eigenvalue weighted by molar-refractivity contribution is 5.77. The molecule has 3 aliphatic rings. The molecule has 26 heavy (non-hydrogen) atoms. The quantitative estimate of drug-likeness (QED) is 0.904. The van der Waals surface area contributed by atoms with Crippen molar-refractivity contribution in [2.24, 2.45) is 11.7 Å². The summed E-state index contributed by atoms with van der Waals surface area (Å²) in [5.41, 5.74) is 8.96. The molecule has 2 saturated heterocycles. The molecule has 3 atom stereocenters. The molecule has 2 N–H and O–H groups in total. The van der Waals surface area contributed by atoms with E-state index in [2.05, 4.69) is 29.2 Å². The molecule has 3 unspecified atom stereocenters. The van der Waals surface area contributed by atoms with Gasteiger partial charge in [-0.05, 0) is 67.9 Å². The fourth-order valence-electron chi connectivity index (χ4n) is 5.11. The van der Waals surface area contributed by atoms with Gasteiger partial charge in [-0.1, -0.05) is 24.3 Å². The number of nitrogens with two attached hydrogens (primary N) is 1. The first-order valence-electron chi connectivity index (χ1n) is 10.4. The van der Waals surface area contributed by atoms with Crippen LogP contribution in [-0.2, 0) is 16.0 Å². The monoisotopic (exact) mass is 356 g/mol. The van der Waals surface area contributed by atoms with Gasteiger partial charge in [-0.2, -0.15) is 0 Å².